The van der Waals surface area contributed by atoms with Gasteiger partial charge in [0.15, 0.2) is 0 Å². The van der Waals surface area contributed by atoms with Gasteiger partial charge in [-0.25, -0.2) is 9.97 Å². The highest BCUT2D eigenvalue weighted by atomic mass is 16.5. The van der Waals surface area contributed by atoms with Crippen molar-refractivity contribution in [3.8, 4) is 22.5 Å². The molecule has 0 aliphatic rings. The summed E-state index contributed by atoms with van der Waals surface area (Å²) in [7, 11) is 0. The van der Waals surface area contributed by atoms with Crippen molar-refractivity contribution in [2.75, 3.05) is 23.8 Å². The second-order valence-electron chi connectivity index (χ2n) is 7.33. The van der Waals surface area contributed by atoms with Crippen LogP contribution in [0.3, 0.4) is 0 Å². The van der Waals surface area contributed by atoms with E-state index in [1.807, 2.05) is 48.5 Å². The number of amides is 1. The van der Waals surface area contributed by atoms with E-state index in [0.29, 0.717) is 41.5 Å². The van der Waals surface area contributed by atoms with Crippen molar-refractivity contribution in [1.82, 2.24) is 9.97 Å². The van der Waals surface area contributed by atoms with Crippen LogP contribution in [0.5, 0.6) is 0 Å². The zero-order valence-corrected chi connectivity index (χ0v) is 18.7. The molecule has 0 aliphatic heterocycles. The van der Waals surface area contributed by atoms with E-state index in [4.69, 9.17) is 9.15 Å². The van der Waals surface area contributed by atoms with Crippen LogP contribution in [0.15, 0.2) is 78.0 Å². The maximum absolute atomic E-state index is 11.8. The highest BCUT2D eigenvalue weighted by Crippen LogP contribution is 2.43. The van der Waals surface area contributed by atoms with E-state index in [1.165, 1.54) is 12.4 Å². The van der Waals surface area contributed by atoms with Crippen molar-refractivity contribution >= 4 is 34.5 Å². The fourth-order valence-corrected chi connectivity index (χ4v) is 3.60. The summed E-state index contributed by atoms with van der Waals surface area (Å²) in [6, 6.07) is 17.1. The van der Waals surface area contributed by atoms with Gasteiger partial charge in [-0.05, 0) is 30.7 Å². The number of aromatic nitrogens is 2. The number of hydrogen-bond donors (Lipinski definition) is 2. The number of nitrogens with one attached hydrogen (secondary N) is 2. The summed E-state index contributed by atoms with van der Waals surface area (Å²) in [6.45, 7) is 5.95. The monoisotopic (exact) mass is 456 g/mol. The van der Waals surface area contributed by atoms with E-state index in [-0.39, 0.29) is 18.3 Å². The van der Waals surface area contributed by atoms with Gasteiger partial charge in [-0.2, -0.15) is 0 Å². The minimum Gasteiger partial charge on any atom is -0.466 e. The van der Waals surface area contributed by atoms with Crippen molar-refractivity contribution in [2.24, 2.45) is 0 Å². The second-order valence-corrected chi connectivity index (χ2v) is 7.33. The molecule has 8 heteroatoms. The van der Waals surface area contributed by atoms with Gasteiger partial charge in [-0.3, -0.25) is 9.59 Å². The molecule has 4 rings (SSSR count). The lowest BCUT2D eigenvalue weighted by molar-refractivity contribution is -0.142. The number of furan rings is 1. The lowest BCUT2D eigenvalue weighted by Gasteiger charge is -2.10. The number of carbonyl (C=O) groups excluding carboxylic acids is 2. The van der Waals surface area contributed by atoms with Crippen molar-refractivity contribution < 1.29 is 18.7 Å². The van der Waals surface area contributed by atoms with Crippen LogP contribution >= 0.6 is 0 Å². The van der Waals surface area contributed by atoms with Crippen molar-refractivity contribution in [2.45, 2.75) is 13.3 Å². The molecule has 8 nitrogen and oxygen atoms in total. The van der Waals surface area contributed by atoms with Crippen LogP contribution in [0.1, 0.15) is 13.3 Å². The topological polar surface area (TPSA) is 106 Å². The lowest BCUT2D eigenvalue weighted by Crippen LogP contribution is -2.12. The van der Waals surface area contributed by atoms with Crippen molar-refractivity contribution in [3.05, 3.63) is 73.6 Å². The normalized spacial score (nSPS) is 10.6. The maximum Gasteiger partial charge on any atom is 0.307 e. The number of esters is 1. The predicted molar refractivity (Wildman–Crippen MR) is 131 cm³/mol. The number of carbonyl (C=O) groups is 2. The Morgan fingerprint density at radius 1 is 1.09 bits per heavy atom. The first-order valence-corrected chi connectivity index (χ1v) is 10.9. The smallest absolute Gasteiger partial charge is 0.307 e. The maximum atomic E-state index is 11.8. The number of ether oxygens (including phenoxy) is 1. The van der Waals surface area contributed by atoms with Crippen LogP contribution in [0.4, 0.5) is 11.5 Å². The summed E-state index contributed by atoms with van der Waals surface area (Å²) in [5, 5.41) is 6.68. The van der Waals surface area contributed by atoms with Crippen molar-refractivity contribution in [1.29, 1.82) is 0 Å². The van der Waals surface area contributed by atoms with Crippen molar-refractivity contribution in [3.63, 3.8) is 0 Å². The molecule has 0 bridgehead atoms. The van der Waals surface area contributed by atoms with Crippen LogP contribution in [0.2, 0.25) is 0 Å². The summed E-state index contributed by atoms with van der Waals surface area (Å²) in [5.41, 5.74) is 3.47. The standard InChI is InChI=1S/C26H24N4O4/c1-3-20(31)30-19-12-8-11-18(15-19)22-23-25(27-14-13-21(32)33-4-2)28-16-29-26(23)34-24(22)17-9-6-5-7-10-17/h3,5-12,15-16H,1,4,13-14H2,2H3,(H,30,31)(H,27,28,29). The molecule has 2 heterocycles. The van der Waals surface area contributed by atoms with E-state index in [0.717, 1.165) is 16.7 Å². The summed E-state index contributed by atoms with van der Waals surface area (Å²) < 4.78 is 11.2. The minimum atomic E-state index is -0.304. The highest BCUT2D eigenvalue weighted by Gasteiger charge is 2.22. The molecule has 34 heavy (non-hydrogen) atoms. The Hall–Kier alpha value is -4.46. The van der Waals surface area contributed by atoms with E-state index < -0.39 is 0 Å². The summed E-state index contributed by atoms with van der Waals surface area (Å²) in [4.78, 5) is 32.4. The summed E-state index contributed by atoms with van der Waals surface area (Å²) in [5.74, 6) is 0.568. The molecule has 0 spiro atoms. The molecule has 2 aromatic carbocycles. The van der Waals surface area contributed by atoms with Crippen LogP contribution in [-0.2, 0) is 14.3 Å². The number of benzene rings is 2. The largest absolute Gasteiger partial charge is 0.466 e. The zero-order chi connectivity index (χ0) is 23.9. The number of fused-ring (bicyclic) bond motifs is 1. The molecule has 0 fully saturated rings. The summed E-state index contributed by atoms with van der Waals surface area (Å²) >= 11 is 0. The van der Waals surface area contributed by atoms with Crippen LogP contribution in [0.25, 0.3) is 33.6 Å². The molecule has 4 aromatic rings. The Morgan fingerprint density at radius 3 is 2.65 bits per heavy atom. The van der Waals surface area contributed by atoms with Gasteiger partial charge in [-0.15, -0.1) is 0 Å². The van der Waals surface area contributed by atoms with Crippen LogP contribution in [0, 0.1) is 0 Å². The van der Waals surface area contributed by atoms with Gasteiger partial charge in [0, 0.05) is 23.4 Å². The molecular formula is C26H24N4O4. The molecule has 0 unspecified atom stereocenters. The molecule has 2 N–H and O–H groups in total. The van der Waals surface area contributed by atoms with Gasteiger partial charge < -0.3 is 19.8 Å². The first kappa shape index (κ1) is 22.7. The van der Waals surface area contributed by atoms with E-state index >= 15 is 0 Å². The Morgan fingerprint density at radius 2 is 1.88 bits per heavy atom. The number of anilines is 2. The van der Waals surface area contributed by atoms with Gasteiger partial charge in [0.2, 0.25) is 11.6 Å². The average molecular weight is 457 g/mol. The first-order valence-electron chi connectivity index (χ1n) is 10.9. The van der Waals surface area contributed by atoms with Gasteiger partial charge in [0.25, 0.3) is 0 Å². The Bertz CT molecular complexity index is 1330. The summed E-state index contributed by atoms with van der Waals surface area (Å²) in [6.07, 6.45) is 2.83. The molecule has 172 valence electrons. The van der Waals surface area contributed by atoms with Crippen LogP contribution < -0.4 is 10.6 Å². The molecule has 2 aromatic heterocycles. The molecule has 0 radical (unpaired) electrons. The van der Waals surface area contributed by atoms with Gasteiger partial charge in [0.1, 0.15) is 17.9 Å². The highest BCUT2D eigenvalue weighted by molar-refractivity contribution is 6.07. The molecule has 0 saturated carbocycles. The van der Waals surface area contributed by atoms with Gasteiger partial charge in [-0.1, -0.05) is 49.0 Å². The predicted octanol–water partition coefficient (Wildman–Crippen LogP) is 5.05. The number of nitrogens with zero attached hydrogens (tertiary/aromatic N) is 2. The molecule has 0 atom stereocenters. The van der Waals surface area contributed by atoms with E-state index in [1.54, 1.807) is 13.0 Å². The first-order chi connectivity index (χ1) is 16.6. The molecule has 0 aliphatic carbocycles. The fraction of sp³-hybridized carbons (Fsp3) is 0.154. The van der Waals surface area contributed by atoms with E-state index in [2.05, 4.69) is 27.2 Å². The quantitative estimate of drug-likeness (QED) is 0.268. The van der Waals surface area contributed by atoms with Gasteiger partial charge >= 0.3 is 5.97 Å². The molecular weight excluding hydrogens is 432 g/mol. The average Bonchev–Trinajstić information content (AvgIpc) is 3.25. The van der Waals surface area contributed by atoms with E-state index in [9.17, 15) is 9.59 Å². The Balaban J connectivity index is 1.82. The second kappa shape index (κ2) is 10.4. The third-order valence-electron chi connectivity index (χ3n) is 5.06. The Labute approximate surface area is 196 Å². The number of rotatable bonds is 9. The third-order valence-corrected chi connectivity index (χ3v) is 5.06. The molecule has 0 saturated heterocycles. The van der Waals surface area contributed by atoms with Gasteiger partial charge in [0.05, 0.1) is 18.4 Å². The SMILES string of the molecule is C=CC(=O)Nc1cccc(-c2c(-c3ccccc3)oc3ncnc(NCCC(=O)OCC)c23)c1. The fourth-order valence-electron chi connectivity index (χ4n) is 3.60. The van der Waals surface area contributed by atoms with Crippen LogP contribution in [-0.4, -0.2) is 35.0 Å². The third kappa shape index (κ3) is 4.96. The molecule has 1 amide bonds. The Kier molecular flexibility index (Phi) is 6.98. The minimum absolute atomic E-state index is 0.196. The zero-order valence-electron chi connectivity index (χ0n) is 18.7. The lowest BCUT2D eigenvalue weighted by atomic mass is 9.98. The number of hydrogen-bond acceptors (Lipinski definition) is 7.